The van der Waals surface area contributed by atoms with E-state index in [1.165, 1.54) is 17.8 Å². The zero-order valence-corrected chi connectivity index (χ0v) is 10.5. The SMILES string of the molecule is COc1ccc(Sc2cccc(F)c2C=O)cc1. The van der Waals surface area contributed by atoms with E-state index in [4.69, 9.17) is 4.74 Å². The van der Waals surface area contributed by atoms with Gasteiger partial charge < -0.3 is 4.74 Å². The summed E-state index contributed by atoms with van der Waals surface area (Å²) in [5.41, 5.74) is 0.0957. The second-order valence-electron chi connectivity index (χ2n) is 3.55. The first-order valence-corrected chi connectivity index (χ1v) is 6.12. The summed E-state index contributed by atoms with van der Waals surface area (Å²) >= 11 is 1.35. The van der Waals surface area contributed by atoms with Gasteiger partial charge in [-0.2, -0.15) is 0 Å². The van der Waals surface area contributed by atoms with E-state index in [0.717, 1.165) is 10.6 Å². The molecule has 0 bridgehead atoms. The van der Waals surface area contributed by atoms with Crippen LogP contribution in [-0.4, -0.2) is 13.4 Å². The molecule has 0 aromatic heterocycles. The van der Waals surface area contributed by atoms with Crippen LogP contribution in [0.25, 0.3) is 0 Å². The summed E-state index contributed by atoms with van der Waals surface area (Å²) in [5.74, 6) is 0.262. The van der Waals surface area contributed by atoms with Crippen molar-refractivity contribution in [1.29, 1.82) is 0 Å². The van der Waals surface area contributed by atoms with Gasteiger partial charge in [-0.1, -0.05) is 17.8 Å². The predicted octanol–water partition coefficient (Wildman–Crippen LogP) is 3.80. The van der Waals surface area contributed by atoms with E-state index in [1.54, 1.807) is 19.2 Å². The highest BCUT2D eigenvalue weighted by atomic mass is 32.2. The topological polar surface area (TPSA) is 26.3 Å². The quantitative estimate of drug-likeness (QED) is 0.784. The van der Waals surface area contributed by atoms with Crippen LogP contribution in [0.15, 0.2) is 52.3 Å². The molecule has 0 aliphatic carbocycles. The summed E-state index contributed by atoms with van der Waals surface area (Å²) in [4.78, 5) is 12.4. The van der Waals surface area contributed by atoms with Gasteiger partial charge in [0, 0.05) is 9.79 Å². The zero-order valence-electron chi connectivity index (χ0n) is 9.72. The van der Waals surface area contributed by atoms with E-state index in [2.05, 4.69) is 0 Å². The molecule has 0 aliphatic heterocycles. The van der Waals surface area contributed by atoms with Gasteiger partial charge in [0.25, 0.3) is 0 Å². The summed E-state index contributed by atoms with van der Waals surface area (Å²) < 4.78 is 18.5. The molecular weight excluding hydrogens is 251 g/mol. The highest BCUT2D eigenvalue weighted by Gasteiger charge is 2.08. The van der Waals surface area contributed by atoms with Crippen LogP contribution in [0.4, 0.5) is 4.39 Å². The molecule has 0 fully saturated rings. The molecule has 0 aliphatic rings. The molecule has 0 atom stereocenters. The molecule has 0 N–H and O–H groups in total. The first kappa shape index (κ1) is 12.6. The summed E-state index contributed by atoms with van der Waals surface area (Å²) in [6, 6.07) is 12.0. The first-order valence-electron chi connectivity index (χ1n) is 5.30. The van der Waals surface area contributed by atoms with Crippen molar-refractivity contribution in [2.75, 3.05) is 7.11 Å². The third-order valence-corrected chi connectivity index (χ3v) is 3.50. The number of halogens is 1. The maximum absolute atomic E-state index is 13.4. The van der Waals surface area contributed by atoms with Crippen LogP contribution in [0.2, 0.25) is 0 Å². The van der Waals surface area contributed by atoms with Crippen molar-refractivity contribution in [3.8, 4) is 5.75 Å². The Bertz CT molecular complexity index is 552. The summed E-state index contributed by atoms with van der Waals surface area (Å²) in [6.45, 7) is 0. The Balaban J connectivity index is 2.28. The molecule has 2 aromatic carbocycles. The van der Waals surface area contributed by atoms with E-state index in [-0.39, 0.29) is 5.56 Å². The Morgan fingerprint density at radius 1 is 1.17 bits per heavy atom. The van der Waals surface area contributed by atoms with Gasteiger partial charge in [0.1, 0.15) is 11.6 Å². The Hall–Kier alpha value is -1.81. The van der Waals surface area contributed by atoms with Gasteiger partial charge >= 0.3 is 0 Å². The Morgan fingerprint density at radius 3 is 2.50 bits per heavy atom. The molecule has 2 aromatic rings. The fraction of sp³-hybridized carbons (Fsp3) is 0.0714. The van der Waals surface area contributed by atoms with E-state index in [9.17, 15) is 9.18 Å². The third kappa shape index (κ3) is 2.71. The van der Waals surface area contributed by atoms with Crippen LogP contribution >= 0.6 is 11.8 Å². The van der Waals surface area contributed by atoms with Crippen molar-refractivity contribution < 1.29 is 13.9 Å². The van der Waals surface area contributed by atoms with E-state index >= 15 is 0 Å². The largest absolute Gasteiger partial charge is 0.497 e. The molecule has 4 heteroatoms. The van der Waals surface area contributed by atoms with Crippen LogP contribution in [0, 0.1) is 5.82 Å². The van der Waals surface area contributed by atoms with Crippen molar-refractivity contribution in [2.45, 2.75) is 9.79 Å². The highest BCUT2D eigenvalue weighted by molar-refractivity contribution is 7.99. The number of carbonyl (C=O) groups excluding carboxylic acids is 1. The van der Waals surface area contributed by atoms with Gasteiger partial charge in [-0.25, -0.2) is 4.39 Å². The van der Waals surface area contributed by atoms with Crippen molar-refractivity contribution in [1.82, 2.24) is 0 Å². The van der Waals surface area contributed by atoms with Crippen LogP contribution in [0.1, 0.15) is 10.4 Å². The van der Waals surface area contributed by atoms with Gasteiger partial charge in [-0.15, -0.1) is 0 Å². The standard InChI is InChI=1S/C14H11FO2S/c1-17-10-5-7-11(8-6-10)18-14-4-2-3-13(15)12(14)9-16/h2-9H,1H3. The monoisotopic (exact) mass is 262 g/mol. The minimum Gasteiger partial charge on any atom is -0.497 e. The number of hydrogen-bond donors (Lipinski definition) is 0. The molecule has 0 spiro atoms. The smallest absolute Gasteiger partial charge is 0.154 e. The van der Waals surface area contributed by atoms with Gasteiger partial charge in [0.05, 0.1) is 12.7 Å². The lowest BCUT2D eigenvalue weighted by atomic mass is 10.2. The lowest BCUT2D eigenvalue weighted by Gasteiger charge is -2.06. The fourth-order valence-electron chi connectivity index (χ4n) is 1.49. The lowest BCUT2D eigenvalue weighted by molar-refractivity contribution is 0.111. The fourth-order valence-corrected chi connectivity index (χ4v) is 2.42. The minimum atomic E-state index is -0.497. The molecule has 0 radical (unpaired) electrons. The molecule has 0 amide bonds. The Labute approximate surface area is 109 Å². The minimum absolute atomic E-state index is 0.0957. The van der Waals surface area contributed by atoms with Crippen LogP contribution in [0.3, 0.4) is 0 Å². The normalized spacial score (nSPS) is 10.1. The number of ether oxygens (including phenoxy) is 1. The molecule has 92 valence electrons. The van der Waals surface area contributed by atoms with Crippen molar-refractivity contribution in [2.24, 2.45) is 0 Å². The summed E-state index contributed by atoms with van der Waals surface area (Å²) in [6.07, 6.45) is 0.543. The van der Waals surface area contributed by atoms with Crippen molar-refractivity contribution in [3.63, 3.8) is 0 Å². The number of benzene rings is 2. The Morgan fingerprint density at radius 2 is 1.89 bits per heavy atom. The highest BCUT2D eigenvalue weighted by Crippen LogP contribution is 2.31. The molecular formula is C14H11FO2S. The van der Waals surface area contributed by atoms with E-state index < -0.39 is 5.82 Å². The second kappa shape index (κ2) is 5.69. The molecule has 18 heavy (non-hydrogen) atoms. The first-order chi connectivity index (χ1) is 8.74. The molecule has 2 nitrogen and oxygen atoms in total. The summed E-state index contributed by atoms with van der Waals surface area (Å²) in [5, 5.41) is 0. The Kier molecular flexibility index (Phi) is 3.99. The number of aldehydes is 1. The average Bonchev–Trinajstić information content (AvgIpc) is 2.40. The number of carbonyl (C=O) groups is 1. The maximum atomic E-state index is 13.4. The van der Waals surface area contributed by atoms with Crippen LogP contribution in [0.5, 0.6) is 5.75 Å². The number of hydrogen-bond acceptors (Lipinski definition) is 3. The average molecular weight is 262 g/mol. The van der Waals surface area contributed by atoms with Crippen LogP contribution < -0.4 is 4.74 Å². The van der Waals surface area contributed by atoms with Crippen molar-refractivity contribution in [3.05, 3.63) is 53.8 Å². The predicted molar refractivity (Wildman–Crippen MR) is 68.9 cm³/mol. The lowest BCUT2D eigenvalue weighted by Crippen LogP contribution is -1.90. The molecule has 2 rings (SSSR count). The van der Waals surface area contributed by atoms with Gasteiger partial charge in [0.15, 0.2) is 6.29 Å². The third-order valence-electron chi connectivity index (χ3n) is 2.42. The maximum Gasteiger partial charge on any atom is 0.154 e. The number of rotatable bonds is 4. The van der Waals surface area contributed by atoms with Gasteiger partial charge in [-0.05, 0) is 36.4 Å². The van der Waals surface area contributed by atoms with E-state index in [0.29, 0.717) is 11.2 Å². The zero-order chi connectivity index (χ0) is 13.0. The molecule has 0 unspecified atom stereocenters. The molecule has 0 saturated carbocycles. The molecule has 0 saturated heterocycles. The van der Waals surface area contributed by atoms with Crippen molar-refractivity contribution >= 4 is 18.0 Å². The van der Waals surface area contributed by atoms with E-state index in [1.807, 2.05) is 24.3 Å². The molecule has 0 heterocycles. The number of methoxy groups -OCH3 is 1. The van der Waals surface area contributed by atoms with Gasteiger partial charge in [0.2, 0.25) is 0 Å². The van der Waals surface area contributed by atoms with Gasteiger partial charge in [-0.3, -0.25) is 4.79 Å². The second-order valence-corrected chi connectivity index (χ2v) is 4.66. The van der Waals surface area contributed by atoms with Crippen LogP contribution in [-0.2, 0) is 0 Å². The summed E-state index contributed by atoms with van der Waals surface area (Å²) in [7, 11) is 1.60.